The van der Waals surface area contributed by atoms with Crippen LogP contribution in [0.2, 0.25) is 0 Å². The minimum atomic E-state index is -3.43. The van der Waals surface area contributed by atoms with E-state index in [0.717, 1.165) is 37.1 Å². The van der Waals surface area contributed by atoms with Crippen LogP contribution in [0.1, 0.15) is 18.4 Å². The maximum Gasteiger partial charge on any atom is 0.240 e. The summed E-state index contributed by atoms with van der Waals surface area (Å²) >= 11 is 0. The van der Waals surface area contributed by atoms with E-state index in [4.69, 9.17) is 4.74 Å². The molecule has 1 aromatic rings. The molecule has 1 aromatic carbocycles. The summed E-state index contributed by atoms with van der Waals surface area (Å²) in [5, 5.41) is 3.20. The number of sulfonamides is 1. The largest absolute Gasteiger partial charge is 0.493 e. The van der Waals surface area contributed by atoms with E-state index in [0.29, 0.717) is 18.0 Å². The Balaban J connectivity index is 1.79. The standard InChI is InChI=1S/C13H18N2O3S/c16-19(17,15-11-2-1-6-14-9-11)12-3-4-13-10(8-12)5-7-18-13/h3-4,8,11,14-15H,1-2,5-7,9H2/t11-/m0/s1. The van der Waals surface area contributed by atoms with Gasteiger partial charge in [0.25, 0.3) is 0 Å². The summed E-state index contributed by atoms with van der Waals surface area (Å²) in [5.41, 5.74) is 0.977. The van der Waals surface area contributed by atoms with Crippen molar-refractivity contribution in [2.45, 2.75) is 30.2 Å². The summed E-state index contributed by atoms with van der Waals surface area (Å²) in [6, 6.07) is 5.07. The third-order valence-corrected chi connectivity index (χ3v) is 5.11. The van der Waals surface area contributed by atoms with Gasteiger partial charge in [0, 0.05) is 19.0 Å². The van der Waals surface area contributed by atoms with Crippen LogP contribution in [0.4, 0.5) is 0 Å². The van der Waals surface area contributed by atoms with Gasteiger partial charge < -0.3 is 10.1 Å². The fraction of sp³-hybridized carbons (Fsp3) is 0.538. The molecule has 0 bridgehead atoms. The van der Waals surface area contributed by atoms with Crippen molar-refractivity contribution in [3.8, 4) is 5.75 Å². The summed E-state index contributed by atoms with van der Waals surface area (Å²) in [7, 11) is -3.43. The van der Waals surface area contributed by atoms with Crippen molar-refractivity contribution in [2.75, 3.05) is 19.7 Å². The summed E-state index contributed by atoms with van der Waals surface area (Å²) in [6.07, 6.45) is 2.68. The third kappa shape index (κ3) is 2.75. The summed E-state index contributed by atoms with van der Waals surface area (Å²) < 4.78 is 32.8. The second kappa shape index (κ2) is 5.11. The Labute approximate surface area is 113 Å². The van der Waals surface area contributed by atoms with Gasteiger partial charge in [-0.3, -0.25) is 0 Å². The van der Waals surface area contributed by atoms with Gasteiger partial charge in [-0.05, 0) is 43.1 Å². The van der Waals surface area contributed by atoms with Gasteiger partial charge in [0.1, 0.15) is 5.75 Å². The topological polar surface area (TPSA) is 67.4 Å². The normalized spacial score (nSPS) is 22.8. The van der Waals surface area contributed by atoms with Gasteiger partial charge in [0.2, 0.25) is 10.0 Å². The monoisotopic (exact) mass is 282 g/mol. The highest BCUT2D eigenvalue weighted by molar-refractivity contribution is 7.89. The van der Waals surface area contributed by atoms with Crippen LogP contribution in [0.15, 0.2) is 23.1 Å². The Hall–Kier alpha value is -1.11. The fourth-order valence-electron chi connectivity index (χ4n) is 2.57. The fourth-order valence-corrected chi connectivity index (χ4v) is 3.89. The van der Waals surface area contributed by atoms with Crippen LogP contribution in [-0.4, -0.2) is 34.2 Å². The Kier molecular flexibility index (Phi) is 3.47. The Bertz CT molecular complexity index is 565. The predicted octanol–water partition coefficient (Wildman–Crippen LogP) is 0.652. The van der Waals surface area contributed by atoms with Gasteiger partial charge in [-0.2, -0.15) is 0 Å². The highest BCUT2D eigenvalue weighted by atomic mass is 32.2. The molecule has 3 rings (SSSR count). The minimum Gasteiger partial charge on any atom is -0.493 e. The van der Waals surface area contributed by atoms with Crippen LogP contribution in [0.5, 0.6) is 5.75 Å². The number of fused-ring (bicyclic) bond motifs is 1. The number of piperidine rings is 1. The molecule has 0 aromatic heterocycles. The molecule has 5 nitrogen and oxygen atoms in total. The van der Waals surface area contributed by atoms with Crippen LogP contribution in [0.3, 0.4) is 0 Å². The highest BCUT2D eigenvalue weighted by Crippen LogP contribution is 2.27. The smallest absolute Gasteiger partial charge is 0.240 e. The Morgan fingerprint density at radius 1 is 1.37 bits per heavy atom. The first-order valence-corrected chi connectivity index (χ1v) is 8.12. The van der Waals surface area contributed by atoms with Crippen molar-refractivity contribution in [1.82, 2.24) is 10.0 Å². The molecule has 104 valence electrons. The molecule has 1 saturated heterocycles. The molecular weight excluding hydrogens is 264 g/mol. The minimum absolute atomic E-state index is 0.0109. The molecule has 0 unspecified atom stereocenters. The lowest BCUT2D eigenvalue weighted by molar-refractivity contribution is 0.356. The molecule has 1 fully saturated rings. The van der Waals surface area contributed by atoms with Gasteiger partial charge in [-0.15, -0.1) is 0 Å². The van der Waals surface area contributed by atoms with Crippen LogP contribution in [-0.2, 0) is 16.4 Å². The van der Waals surface area contributed by atoms with Gasteiger partial charge in [0.15, 0.2) is 0 Å². The van der Waals surface area contributed by atoms with Gasteiger partial charge >= 0.3 is 0 Å². The first-order valence-electron chi connectivity index (χ1n) is 6.64. The second-order valence-electron chi connectivity index (χ2n) is 5.03. The van der Waals surface area contributed by atoms with Crippen LogP contribution < -0.4 is 14.8 Å². The summed E-state index contributed by atoms with van der Waals surface area (Å²) in [4.78, 5) is 0.335. The molecule has 2 aliphatic heterocycles. The molecule has 0 aliphatic carbocycles. The Morgan fingerprint density at radius 3 is 3.05 bits per heavy atom. The van der Waals surface area contributed by atoms with Crippen molar-refractivity contribution in [3.63, 3.8) is 0 Å². The van der Waals surface area contributed by atoms with E-state index in [2.05, 4.69) is 10.0 Å². The number of nitrogens with one attached hydrogen (secondary N) is 2. The third-order valence-electron chi connectivity index (χ3n) is 3.59. The van der Waals surface area contributed by atoms with Gasteiger partial charge in [0.05, 0.1) is 11.5 Å². The molecule has 0 saturated carbocycles. The summed E-state index contributed by atoms with van der Waals surface area (Å²) in [6.45, 7) is 2.31. The van der Waals surface area contributed by atoms with Gasteiger partial charge in [-0.1, -0.05) is 0 Å². The molecule has 19 heavy (non-hydrogen) atoms. The molecule has 0 radical (unpaired) electrons. The molecule has 2 N–H and O–H groups in total. The second-order valence-corrected chi connectivity index (χ2v) is 6.75. The van der Waals surface area contributed by atoms with Crippen LogP contribution >= 0.6 is 0 Å². The van der Waals surface area contributed by atoms with E-state index in [1.54, 1.807) is 18.2 Å². The maximum absolute atomic E-state index is 12.3. The number of rotatable bonds is 3. The van der Waals surface area contributed by atoms with Crippen LogP contribution in [0.25, 0.3) is 0 Å². The lowest BCUT2D eigenvalue weighted by Crippen LogP contribution is -2.45. The lowest BCUT2D eigenvalue weighted by Gasteiger charge is -2.23. The van der Waals surface area contributed by atoms with Crippen molar-refractivity contribution < 1.29 is 13.2 Å². The summed E-state index contributed by atoms with van der Waals surface area (Å²) in [5.74, 6) is 0.804. The zero-order valence-electron chi connectivity index (χ0n) is 10.7. The lowest BCUT2D eigenvalue weighted by atomic mass is 10.1. The van der Waals surface area contributed by atoms with E-state index in [9.17, 15) is 8.42 Å². The van der Waals surface area contributed by atoms with Gasteiger partial charge in [-0.25, -0.2) is 13.1 Å². The molecule has 0 amide bonds. The van der Waals surface area contributed by atoms with E-state index in [1.165, 1.54) is 0 Å². The van der Waals surface area contributed by atoms with Crippen molar-refractivity contribution in [2.24, 2.45) is 0 Å². The van der Waals surface area contributed by atoms with E-state index in [1.807, 2.05) is 0 Å². The van der Waals surface area contributed by atoms with E-state index >= 15 is 0 Å². The molecule has 2 heterocycles. The SMILES string of the molecule is O=S(=O)(N[C@H]1CCCNC1)c1ccc2c(c1)CCO2. The van der Waals surface area contributed by atoms with Crippen molar-refractivity contribution in [1.29, 1.82) is 0 Å². The average Bonchev–Trinajstić information content (AvgIpc) is 2.86. The predicted molar refractivity (Wildman–Crippen MR) is 71.9 cm³/mol. The molecule has 6 heteroatoms. The van der Waals surface area contributed by atoms with Crippen molar-refractivity contribution >= 4 is 10.0 Å². The number of benzene rings is 1. The number of hydrogen-bond donors (Lipinski definition) is 2. The van der Waals surface area contributed by atoms with E-state index in [-0.39, 0.29) is 6.04 Å². The first kappa shape index (κ1) is 12.9. The van der Waals surface area contributed by atoms with Crippen molar-refractivity contribution in [3.05, 3.63) is 23.8 Å². The number of hydrogen-bond acceptors (Lipinski definition) is 4. The maximum atomic E-state index is 12.3. The number of ether oxygens (including phenoxy) is 1. The first-order chi connectivity index (χ1) is 9.15. The van der Waals surface area contributed by atoms with Crippen LogP contribution in [0, 0.1) is 0 Å². The highest BCUT2D eigenvalue weighted by Gasteiger charge is 2.23. The molecular formula is C13H18N2O3S. The average molecular weight is 282 g/mol. The Morgan fingerprint density at radius 2 is 2.26 bits per heavy atom. The molecule has 1 atom stereocenters. The molecule has 2 aliphatic rings. The van der Waals surface area contributed by atoms with E-state index < -0.39 is 10.0 Å². The quantitative estimate of drug-likeness (QED) is 0.854. The zero-order chi connectivity index (χ0) is 13.3. The zero-order valence-corrected chi connectivity index (χ0v) is 11.5. The molecule has 0 spiro atoms.